The SMILES string of the molecule is COc1cc(C(=O)Nc2c(F)cccc2N2CCCC2)ccc1OCC(=O)NC(C)C. The van der Waals surface area contributed by atoms with E-state index in [-0.39, 0.29) is 29.8 Å². The second-order valence-corrected chi connectivity index (χ2v) is 7.66. The Balaban J connectivity index is 1.75. The van der Waals surface area contributed by atoms with Gasteiger partial charge in [-0.25, -0.2) is 4.39 Å². The molecule has 0 radical (unpaired) electrons. The van der Waals surface area contributed by atoms with Crippen LogP contribution in [-0.4, -0.2) is 44.7 Å². The van der Waals surface area contributed by atoms with Crippen LogP contribution in [0.25, 0.3) is 0 Å². The van der Waals surface area contributed by atoms with Gasteiger partial charge in [-0.2, -0.15) is 0 Å². The predicted molar refractivity (Wildman–Crippen MR) is 118 cm³/mol. The van der Waals surface area contributed by atoms with Crippen LogP contribution in [0, 0.1) is 5.82 Å². The molecule has 1 saturated heterocycles. The van der Waals surface area contributed by atoms with E-state index in [4.69, 9.17) is 9.47 Å². The van der Waals surface area contributed by atoms with E-state index in [0.717, 1.165) is 25.9 Å². The number of hydrogen-bond donors (Lipinski definition) is 2. The zero-order chi connectivity index (χ0) is 22.4. The number of nitrogens with one attached hydrogen (secondary N) is 2. The summed E-state index contributed by atoms with van der Waals surface area (Å²) in [4.78, 5) is 26.7. The van der Waals surface area contributed by atoms with Gasteiger partial charge in [-0.3, -0.25) is 9.59 Å². The Morgan fingerprint density at radius 2 is 1.87 bits per heavy atom. The van der Waals surface area contributed by atoms with Gasteiger partial charge in [0.2, 0.25) is 0 Å². The molecular formula is C23H28FN3O4. The lowest BCUT2D eigenvalue weighted by Crippen LogP contribution is -2.34. The summed E-state index contributed by atoms with van der Waals surface area (Å²) in [5, 5.41) is 5.43. The third-order valence-electron chi connectivity index (χ3n) is 4.91. The molecule has 0 bridgehead atoms. The molecule has 0 aromatic heterocycles. The summed E-state index contributed by atoms with van der Waals surface area (Å²) in [5.41, 5.74) is 1.12. The van der Waals surface area contributed by atoms with Gasteiger partial charge in [0.25, 0.3) is 11.8 Å². The molecular weight excluding hydrogens is 401 g/mol. The van der Waals surface area contributed by atoms with Gasteiger partial charge >= 0.3 is 0 Å². The van der Waals surface area contributed by atoms with E-state index in [1.807, 2.05) is 19.9 Å². The van der Waals surface area contributed by atoms with Crippen molar-refractivity contribution in [3.05, 3.63) is 47.8 Å². The largest absolute Gasteiger partial charge is 0.493 e. The Kier molecular flexibility index (Phi) is 7.33. The molecule has 1 heterocycles. The zero-order valence-electron chi connectivity index (χ0n) is 18.0. The molecule has 0 aliphatic carbocycles. The molecule has 0 unspecified atom stereocenters. The average Bonchev–Trinajstić information content (AvgIpc) is 3.27. The number of ether oxygens (including phenoxy) is 2. The van der Waals surface area contributed by atoms with Crippen LogP contribution in [0.1, 0.15) is 37.0 Å². The van der Waals surface area contributed by atoms with Crippen molar-refractivity contribution in [3.63, 3.8) is 0 Å². The van der Waals surface area contributed by atoms with Gasteiger partial charge in [0.1, 0.15) is 11.5 Å². The first-order valence-electron chi connectivity index (χ1n) is 10.3. The summed E-state index contributed by atoms with van der Waals surface area (Å²) < 4.78 is 25.4. The minimum absolute atomic E-state index is 0.00731. The highest BCUT2D eigenvalue weighted by Gasteiger charge is 2.21. The Labute approximate surface area is 181 Å². The monoisotopic (exact) mass is 429 g/mol. The van der Waals surface area contributed by atoms with Crippen LogP contribution in [0.15, 0.2) is 36.4 Å². The summed E-state index contributed by atoms with van der Waals surface area (Å²) in [6.07, 6.45) is 2.08. The molecule has 1 fully saturated rings. The number of carbonyl (C=O) groups is 2. The molecule has 3 rings (SSSR count). The average molecular weight is 429 g/mol. The fourth-order valence-electron chi connectivity index (χ4n) is 3.48. The maximum Gasteiger partial charge on any atom is 0.258 e. The highest BCUT2D eigenvalue weighted by Crippen LogP contribution is 2.33. The first-order valence-corrected chi connectivity index (χ1v) is 10.3. The third-order valence-corrected chi connectivity index (χ3v) is 4.91. The number of rotatable bonds is 8. The third kappa shape index (κ3) is 5.65. The maximum atomic E-state index is 14.5. The number of halogens is 1. The number of para-hydroxylation sites is 1. The number of methoxy groups -OCH3 is 1. The van der Waals surface area contributed by atoms with E-state index >= 15 is 0 Å². The van der Waals surface area contributed by atoms with Crippen molar-refractivity contribution in [2.75, 3.05) is 37.0 Å². The van der Waals surface area contributed by atoms with E-state index in [2.05, 4.69) is 15.5 Å². The lowest BCUT2D eigenvalue weighted by Gasteiger charge is -2.22. The van der Waals surface area contributed by atoms with Gasteiger partial charge < -0.3 is 25.0 Å². The van der Waals surface area contributed by atoms with E-state index in [1.165, 1.54) is 19.2 Å². The van der Waals surface area contributed by atoms with Crippen molar-refractivity contribution in [1.29, 1.82) is 0 Å². The highest BCUT2D eigenvalue weighted by atomic mass is 19.1. The van der Waals surface area contributed by atoms with Crippen LogP contribution in [0.2, 0.25) is 0 Å². The molecule has 2 aromatic carbocycles. The lowest BCUT2D eigenvalue weighted by molar-refractivity contribution is -0.123. The first kappa shape index (κ1) is 22.4. The molecule has 0 spiro atoms. The highest BCUT2D eigenvalue weighted by molar-refractivity contribution is 6.06. The molecule has 31 heavy (non-hydrogen) atoms. The molecule has 2 aromatic rings. The fraction of sp³-hybridized carbons (Fsp3) is 0.391. The summed E-state index contributed by atoms with van der Waals surface area (Å²) >= 11 is 0. The van der Waals surface area contributed by atoms with Gasteiger partial charge in [-0.1, -0.05) is 6.07 Å². The van der Waals surface area contributed by atoms with Crippen LogP contribution in [-0.2, 0) is 4.79 Å². The van der Waals surface area contributed by atoms with Crippen molar-refractivity contribution in [2.24, 2.45) is 0 Å². The molecule has 0 atom stereocenters. The Bertz CT molecular complexity index is 942. The van der Waals surface area contributed by atoms with Gasteiger partial charge in [0.05, 0.1) is 12.8 Å². The van der Waals surface area contributed by atoms with Crippen molar-refractivity contribution in [2.45, 2.75) is 32.7 Å². The van der Waals surface area contributed by atoms with Crippen molar-refractivity contribution in [1.82, 2.24) is 5.32 Å². The summed E-state index contributed by atoms with van der Waals surface area (Å²) in [6, 6.07) is 9.39. The van der Waals surface area contributed by atoms with Crippen LogP contribution in [0.4, 0.5) is 15.8 Å². The standard InChI is InChI=1S/C23H28FN3O4/c1-15(2)25-21(28)14-31-19-10-9-16(13-20(19)30-3)23(29)26-22-17(24)7-6-8-18(22)27-11-4-5-12-27/h6-10,13,15H,4-5,11-12,14H2,1-3H3,(H,25,28)(H,26,29). The van der Waals surface area contributed by atoms with Crippen molar-refractivity contribution in [3.8, 4) is 11.5 Å². The van der Waals surface area contributed by atoms with Gasteiger partial charge in [-0.15, -0.1) is 0 Å². The molecule has 1 aliphatic heterocycles. The first-order chi connectivity index (χ1) is 14.9. The number of hydrogen-bond acceptors (Lipinski definition) is 5. The molecule has 166 valence electrons. The molecule has 2 amide bonds. The fourth-order valence-corrected chi connectivity index (χ4v) is 3.48. The van der Waals surface area contributed by atoms with Crippen LogP contribution < -0.4 is 25.0 Å². The zero-order valence-corrected chi connectivity index (χ0v) is 18.0. The molecule has 7 nitrogen and oxygen atoms in total. The Morgan fingerprint density at radius 3 is 2.55 bits per heavy atom. The quantitative estimate of drug-likeness (QED) is 0.670. The molecule has 8 heteroatoms. The topological polar surface area (TPSA) is 79.9 Å². The normalized spacial score (nSPS) is 13.3. The van der Waals surface area contributed by atoms with Crippen molar-refractivity contribution < 1.29 is 23.5 Å². The van der Waals surface area contributed by atoms with Gasteiger partial charge in [-0.05, 0) is 57.0 Å². The molecule has 2 N–H and O–H groups in total. The number of carbonyl (C=O) groups excluding carboxylic acids is 2. The molecule has 1 aliphatic rings. The van der Waals surface area contributed by atoms with Crippen LogP contribution in [0.5, 0.6) is 11.5 Å². The summed E-state index contributed by atoms with van der Waals surface area (Å²) in [5.74, 6) is -0.568. The lowest BCUT2D eigenvalue weighted by atomic mass is 10.1. The second kappa shape index (κ2) is 10.1. The van der Waals surface area contributed by atoms with E-state index in [0.29, 0.717) is 17.2 Å². The number of benzene rings is 2. The number of nitrogens with zero attached hydrogens (tertiary/aromatic N) is 1. The molecule has 0 saturated carbocycles. The Morgan fingerprint density at radius 1 is 1.13 bits per heavy atom. The summed E-state index contributed by atoms with van der Waals surface area (Å²) in [7, 11) is 1.44. The maximum absolute atomic E-state index is 14.5. The van der Waals surface area contributed by atoms with Gasteiger partial charge in [0, 0.05) is 24.7 Å². The van der Waals surface area contributed by atoms with Crippen LogP contribution in [0.3, 0.4) is 0 Å². The van der Waals surface area contributed by atoms with Crippen molar-refractivity contribution >= 4 is 23.2 Å². The van der Waals surface area contributed by atoms with E-state index in [9.17, 15) is 14.0 Å². The Hall–Kier alpha value is -3.29. The summed E-state index contributed by atoms with van der Waals surface area (Å²) in [6.45, 7) is 5.20. The minimum atomic E-state index is -0.485. The minimum Gasteiger partial charge on any atom is -0.493 e. The van der Waals surface area contributed by atoms with Gasteiger partial charge in [0.15, 0.2) is 18.1 Å². The van der Waals surface area contributed by atoms with Crippen LogP contribution >= 0.6 is 0 Å². The van der Waals surface area contributed by atoms with E-state index < -0.39 is 11.7 Å². The smallest absolute Gasteiger partial charge is 0.258 e. The second-order valence-electron chi connectivity index (χ2n) is 7.66. The predicted octanol–water partition coefficient (Wildman–Crippen LogP) is 3.59. The van der Waals surface area contributed by atoms with E-state index in [1.54, 1.807) is 18.2 Å². The number of anilines is 2. The number of amides is 2.